The molecule has 8 rings (SSSR count). The van der Waals surface area contributed by atoms with Gasteiger partial charge in [-0.25, -0.2) is 9.97 Å². The molecule has 0 amide bonds. The molecule has 4 heterocycles. The number of halogens is 3. The maximum absolute atomic E-state index is 11.2. The van der Waals surface area contributed by atoms with Crippen molar-refractivity contribution in [3.05, 3.63) is 123 Å². The number of hydrogen-bond acceptors (Lipinski definition) is 5. The van der Waals surface area contributed by atoms with Crippen LogP contribution < -0.4 is 12.4 Å². The first kappa shape index (κ1) is 36.0. The van der Waals surface area contributed by atoms with Crippen molar-refractivity contribution in [2.45, 2.75) is 20.8 Å². The van der Waals surface area contributed by atoms with Crippen molar-refractivity contribution in [3.63, 3.8) is 0 Å². The van der Waals surface area contributed by atoms with E-state index in [1.807, 2.05) is 41.7 Å². The lowest BCUT2D eigenvalue weighted by Crippen LogP contribution is -3.00. The Bertz CT molecular complexity index is 2500. The molecule has 0 atom stereocenters. The van der Waals surface area contributed by atoms with Crippen LogP contribution in [0.1, 0.15) is 34.2 Å². The van der Waals surface area contributed by atoms with Gasteiger partial charge in [0.05, 0.1) is 30.1 Å². The first-order valence-corrected chi connectivity index (χ1v) is 17.0. The third-order valence-electron chi connectivity index (χ3n) is 8.31. The molecule has 0 fully saturated rings. The number of imidazole rings is 2. The van der Waals surface area contributed by atoms with Gasteiger partial charge in [0.2, 0.25) is 0 Å². The number of carbonyl (C=O) groups is 1. The lowest BCUT2D eigenvalue weighted by atomic mass is 10.0. The number of pyridine rings is 2. The van der Waals surface area contributed by atoms with E-state index in [0.29, 0.717) is 10.3 Å². The molecule has 0 unspecified atom stereocenters. The van der Waals surface area contributed by atoms with Crippen LogP contribution in [0, 0.1) is 13.8 Å². The summed E-state index contributed by atoms with van der Waals surface area (Å²) >= 11 is 7.22. The molecule has 0 saturated heterocycles. The topological polar surface area (TPSA) is 70.1 Å². The number of aromatic nitrogens is 4. The molecule has 0 aliphatic carbocycles. The number of benzene rings is 4. The summed E-state index contributed by atoms with van der Waals surface area (Å²) in [6.45, 7) is 7.03. The van der Waals surface area contributed by atoms with Crippen LogP contribution in [-0.4, -0.2) is 45.9 Å². The Morgan fingerprint density at radius 1 is 0.673 bits per heavy atom. The van der Waals surface area contributed by atoms with Crippen LogP contribution in [0.4, 0.5) is 0 Å². The Labute approximate surface area is 307 Å². The highest BCUT2D eigenvalue weighted by atomic mass is 79.9. The second kappa shape index (κ2) is 15.5. The Balaban J connectivity index is 0.000000170. The second-order valence-electron chi connectivity index (χ2n) is 11.2. The zero-order chi connectivity index (χ0) is 33.9. The van der Waals surface area contributed by atoms with Crippen molar-refractivity contribution >= 4 is 98.9 Å². The van der Waals surface area contributed by atoms with Crippen molar-refractivity contribution in [1.82, 2.24) is 18.8 Å². The molecule has 49 heavy (non-hydrogen) atoms. The van der Waals surface area contributed by atoms with Gasteiger partial charge in [0, 0.05) is 41.3 Å². The first-order chi connectivity index (χ1) is 23.4. The van der Waals surface area contributed by atoms with Crippen molar-refractivity contribution in [3.8, 4) is 0 Å². The number of methoxy groups -OCH3 is 2. The molecule has 10 heteroatoms. The SMILES string of the molecule is CCOC.CO/C=C/c1nc2c3ccccc3c3c(C)cccc3n2c1Br.Cc1cccc2c1c1ccccc1c1nc(C=O)c(Br)n21.[Cl-]. The summed E-state index contributed by atoms with van der Waals surface area (Å²) in [4.78, 5) is 20.5. The summed E-state index contributed by atoms with van der Waals surface area (Å²) < 4.78 is 15.4. The van der Waals surface area contributed by atoms with Gasteiger partial charge in [-0.05, 0) is 86.7 Å². The largest absolute Gasteiger partial charge is 1.00 e. The summed E-state index contributed by atoms with van der Waals surface area (Å²) in [5, 5.41) is 7.04. The first-order valence-electron chi connectivity index (χ1n) is 15.5. The number of nitrogens with zero attached hydrogens (tertiary/aromatic N) is 4. The van der Waals surface area contributed by atoms with Crippen LogP contribution in [0.2, 0.25) is 0 Å². The summed E-state index contributed by atoms with van der Waals surface area (Å²) in [7, 11) is 3.31. The predicted molar refractivity (Wildman–Crippen MR) is 204 cm³/mol. The number of rotatable bonds is 4. The van der Waals surface area contributed by atoms with Crippen molar-refractivity contribution < 1.29 is 26.7 Å². The van der Waals surface area contributed by atoms with E-state index in [1.54, 1.807) is 20.5 Å². The third kappa shape index (κ3) is 6.44. The third-order valence-corrected chi connectivity index (χ3v) is 9.83. The molecule has 0 radical (unpaired) electrons. The lowest BCUT2D eigenvalue weighted by molar-refractivity contribution is -0.0000164. The van der Waals surface area contributed by atoms with E-state index in [0.717, 1.165) is 61.7 Å². The quantitative estimate of drug-likeness (QED) is 0.105. The van der Waals surface area contributed by atoms with E-state index in [1.165, 1.54) is 27.3 Å². The van der Waals surface area contributed by atoms with E-state index >= 15 is 0 Å². The van der Waals surface area contributed by atoms with Crippen molar-refractivity contribution in [1.29, 1.82) is 0 Å². The highest BCUT2D eigenvalue weighted by Crippen LogP contribution is 2.36. The lowest BCUT2D eigenvalue weighted by Gasteiger charge is -2.10. The summed E-state index contributed by atoms with van der Waals surface area (Å²) in [6.07, 6.45) is 4.29. The van der Waals surface area contributed by atoms with E-state index in [2.05, 4.69) is 120 Å². The van der Waals surface area contributed by atoms with E-state index in [9.17, 15) is 4.79 Å². The van der Waals surface area contributed by atoms with Gasteiger partial charge in [0.25, 0.3) is 0 Å². The molecule has 250 valence electrons. The minimum Gasteiger partial charge on any atom is -1.00 e. The minimum absolute atomic E-state index is 0. The van der Waals surface area contributed by atoms with Gasteiger partial charge in [0.15, 0.2) is 6.29 Å². The number of aldehydes is 1. The van der Waals surface area contributed by atoms with Crippen LogP contribution in [0.25, 0.3) is 60.7 Å². The monoisotopic (exact) mass is 799 g/mol. The average molecular weight is 802 g/mol. The maximum atomic E-state index is 11.2. The maximum Gasteiger partial charge on any atom is 0.171 e. The van der Waals surface area contributed by atoms with Crippen molar-refractivity contribution in [2.24, 2.45) is 0 Å². The highest BCUT2D eigenvalue weighted by Gasteiger charge is 2.17. The molecule has 4 aromatic carbocycles. The van der Waals surface area contributed by atoms with Crippen LogP contribution in [0.5, 0.6) is 0 Å². The van der Waals surface area contributed by atoms with Gasteiger partial charge in [0.1, 0.15) is 26.2 Å². The molecule has 0 N–H and O–H groups in total. The molecule has 7 nitrogen and oxygen atoms in total. The van der Waals surface area contributed by atoms with Crippen LogP contribution in [-0.2, 0) is 9.47 Å². The smallest absolute Gasteiger partial charge is 0.171 e. The van der Waals surface area contributed by atoms with Crippen molar-refractivity contribution in [2.75, 3.05) is 20.8 Å². The second-order valence-corrected chi connectivity index (χ2v) is 12.7. The molecule has 4 aromatic heterocycles. The molecule has 0 saturated carbocycles. The van der Waals surface area contributed by atoms with Gasteiger partial charge in [-0.1, -0.05) is 72.8 Å². The molecule has 0 aliphatic heterocycles. The Kier molecular flexibility index (Phi) is 11.4. The fraction of sp³-hybridized carbons (Fsp3) is 0.154. The standard InChI is InChI=1S/C19H15BrN2O.C17H11BrN2O.C3H8O.ClH/c1-12-6-5-9-16-17(12)13-7-3-4-8-14(13)19-21-15(10-11-23-2)18(20)22(16)19;1-10-5-4-8-14-15(10)11-6-2-3-7-12(11)17-19-13(9-21)16(18)20(14)17;1-3-4-2;/h3-11H,1-2H3;2-9H,1H3;3H2,1-2H3;1H/p-1/b11-10+;;;. The average Bonchev–Trinajstić information content (AvgIpc) is 3.64. The summed E-state index contributed by atoms with van der Waals surface area (Å²) in [5.41, 5.74) is 7.69. The summed E-state index contributed by atoms with van der Waals surface area (Å²) in [5.74, 6) is 0. The van der Waals surface area contributed by atoms with Gasteiger partial charge in [-0.15, -0.1) is 0 Å². The van der Waals surface area contributed by atoms with Crippen LogP contribution in [0.15, 0.2) is 100 Å². The number of fused-ring (bicyclic) bond motifs is 12. The fourth-order valence-corrected chi connectivity index (χ4v) is 7.24. The molecule has 8 aromatic rings. The van der Waals surface area contributed by atoms with E-state index in [4.69, 9.17) is 9.72 Å². The minimum atomic E-state index is 0. The van der Waals surface area contributed by atoms with Gasteiger partial charge < -0.3 is 21.9 Å². The number of aryl methyl sites for hydroxylation is 2. The Morgan fingerprint density at radius 2 is 1.10 bits per heavy atom. The van der Waals surface area contributed by atoms with E-state index in [-0.39, 0.29) is 12.4 Å². The Morgan fingerprint density at radius 3 is 1.53 bits per heavy atom. The molecular weight excluding hydrogens is 768 g/mol. The normalized spacial score (nSPS) is 11.2. The number of ether oxygens (including phenoxy) is 2. The van der Waals surface area contributed by atoms with Gasteiger partial charge >= 0.3 is 0 Å². The fourth-order valence-electron chi connectivity index (χ4n) is 6.12. The molecular formula is C39H34Br2ClN4O3-. The molecule has 0 spiro atoms. The molecule has 0 bridgehead atoms. The molecule has 0 aliphatic rings. The van der Waals surface area contributed by atoms with Crippen LogP contribution in [0.3, 0.4) is 0 Å². The summed E-state index contributed by atoms with van der Waals surface area (Å²) in [6, 6.07) is 29.2. The zero-order valence-corrected chi connectivity index (χ0v) is 31.6. The number of hydrogen-bond donors (Lipinski definition) is 0. The van der Waals surface area contributed by atoms with Gasteiger partial charge in [-0.2, -0.15) is 0 Å². The van der Waals surface area contributed by atoms with E-state index < -0.39 is 0 Å². The predicted octanol–water partition coefficient (Wildman–Crippen LogP) is 7.51. The Hall–Kier alpha value is -4.28. The highest BCUT2D eigenvalue weighted by molar-refractivity contribution is 9.10. The zero-order valence-electron chi connectivity index (χ0n) is 27.7. The number of carbonyl (C=O) groups excluding carboxylic acids is 1. The van der Waals surface area contributed by atoms with Gasteiger partial charge in [-0.3, -0.25) is 13.6 Å². The van der Waals surface area contributed by atoms with Crippen LogP contribution >= 0.6 is 31.9 Å².